The lowest BCUT2D eigenvalue weighted by Crippen LogP contribution is -2.32. The first-order chi connectivity index (χ1) is 8.31. The second kappa shape index (κ2) is 6.01. The summed E-state index contributed by atoms with van der Waals surface area (Å²) in [5.74, 6) is 0.00768. The first-order valence-corrected chi connectivity index (χ1v) is 6.59. The molecule has 6 nitrogen and oxygen atoms in total. The van der Waals surface area contributed by atoms with Crippen LogP contribution in [0.25, 0.3) is 0 Å². The molecule has 1 unspecified atom stereocenters. The van der Waals surface area contributed by atoms with Crippen molar-refractivity contribution < 1.29 is 9.90 Å². The van der Waals surface area contributed by atoms with Gasteiger partial charge in [0.15, 0.2) is 5.13 Å². The summed E-state index contributed by atoms with van der Waals surface area (Å²) in [5, 5.41) is 13.0. The lowest BCUT2D eigenvalue weighted by atomic mass is 10.3. The molecule has 1 aromatic rings. The zero-order chi connectivity index (χ0) is 13.9. The zero-order valence-corrected chi connectivity index (χ0v) is 11.9. The number of aromatic nitrogens is 1. The van der Waals surface area contributed by atoms with Gasteiger partial charge in [-0.05, 0) is 20.8 Å². The molecule has 0 fully saturated rings. The normalized spacial score (nSPS) is 12.6. The van der Waals surface area contributed by atoms with E-state index in [-0.39, 0.29) is 24.3 Å². The molecule has 0 spiro atoms. The molecule has 0 aliphatic heterocycles. The van der Waals surface area contributed by atoms with Crippen LogP contribution in [-0.2, 0) is 0 Å². The molecule has 0 saturated heterocycles. The average molecular weight is 272 g/mol. The number of thiazole rings is 1. The van der Waals surface area contributed by atoms with Gasteiger partial charge < -0.3 is 21.1 Å². The molecule has 1 heterocycles. The van der Waals surface area contributed by atoms with Crippen molar-refractivity contribution in [2.24, 2.45) is 0 Å². The highest BCUT2D eigenvalue weighted by molar-refractivity contribution is 7.18. The molecule has 1 aromatic heterocycles. The Labute approximate surface area is 111 Å². The van der Waals surface area contributed by atoms with Gasteiger partial charge >= 0.3 is 0 Å². The summed E-state index contributed by atoms with van der Waals surface area (Å²) in [6, 6.07) is 0.230. The van der Waals surface area contributed by atoms with Crippen LogP contribution >= 0.6 is 11.3 Å². The third-order valence-electron chi connectivity index (χ3n) is 2.14. The Balaban J connectivity index is 2.82. The fourth-order valence-corrected chi connectivity index (χ4v) is 2.47. The third-order valence-corrected chi connectivity index (χ3v) is 3.13. The quantitative estimate of drug-likeness (QED) is 0.743. The van der Waals surface area contributed by atoms with Gasteiger partial charge in [0.2, 0.25) is 0 Å². The smallest absolute Gasteiger partial charge is 0.267 e. The molecule has 0 saturated carbocycles. The number of anilines is 2. The van der Waals surface area contributed by atoms with E-state index in [4.69, 9.17) is 5.73 Å². The Bertz CT molecular complexity index is 417. The fraction of sp³-hybridized carbons (Fsp3) is 0.636. The molecule has 0 aromatic carbocycles. The molecule has 7 heteroatoms. The van der Waals surface area contributed by atoms with E-state index in [0.717, 1.165) is 0 Å². The van der Waals surface area contributed by atoms with Crippen molar-refractivity contribution in [3.8, 4) is 0 Å². The van der Waals surface area contributed by atoms with Crippen LogP contribution < -0.4 is 11.1 Å². The van der Waals surface area contributed by atoms with Crippen molar-refractivity contribution in [2.75, 3.05) is 24.6 Å². The Hall–Kier alpha value is -1.34. The molecular weight excluding hydrogens is 252 g/mol. The number of hydrogen-bond donors (Lipinski definition) is 3. The van der Waals surface area contributed by atoms with Crippen LogP contribution in [0.1, 0.15) is 30.4 Å². The van der Waals surface area contributed by atoms with Crippen molar-refractivity contribution in [2.45, 2.75) is 32.9 Å². The predicted octanol–water partition coefficient (Wildman–Crippen LogP) is 0.998. The maximum atomic E-state index is 12.1. The minimum Gasteiger partial charge on any atom is -0.392 e. The number of nitrogen functional groups attached to an aromatic ring is 1. The molecule has 102 valence electrons. The number of rotatable bonds is 5. The Kier molecular flexibility index (Phi) is 4.92. The largest absolute Gasteiger partial charge is 0.392 e. The van der Waals surface area contributed by atoms with Crippen molar-refractivity contribution in [3.63, 3.8) is 0 Å². The number of amides is 1. The van der Waals surface area contributed by atoms with E-state index in [2.05, 4.69) is 10.3 Å². The first-order valence-electron chi connectivity index (χ1n) is 5.77. The van der Waals surface area contributed by atoms with E-state index in [1.165, 1.54) is 16.2 Å². The van der Waals surface area contributed by atoms with Crippen LogP contribution in [0, 0.1) is 0 Å². The maximum Gasteiger partial charge on any atom is 0.267 e. The Morgan fingerprint density at radius 3 is 2.67 bits per heavy atom. The number of hydrogen-bond acceptors (Lipinski definition) is 6. The summed E-state index contributed by atoms with van der Waals surface area (Å²) in [6.45, 7) is 5.87. The van der Waals surface area contributed by atoms with E-state index in [1.54, 1.807) is 14.0 Å². The second-order valence-corrected chi connectivity index (χ2v) is 5.57. The van der Waals surface area contributed by atoms with Gasteiger partial charge in [-0.3, -0.25) is 4.79 Å². The van der Waals surface area contributed by atoms with Gasteiger partial charge in [-0.1, -0.05) is 11.3 Å². The van der Waals surface area contributed by atoms with Crippen molar-refractivity contribution in [1.82, 2.24) is 9.88 Å². The fourth-order valence-electron chi connectivity index (χ4n) is 1.45. The van der Waals surface area contributed by atoms with Crippen molar-refractivity contribution in [1.29, 1.82) is 0 Å². The summed E-state index contributed by atoms with van der Waals surface area (Å²) in [6.07, 6.45) is -0.568. The predicted molar refractivity (Wildman–Crippen MR) is 73.9 cm³/mol. The number of nitrogens with two attached hydrogens (primary N) is 1. The Morgan fingerprint density at radius 2 is 2.17 bits per heavy atom. The number of carbonyl (C=O) groups excluding carboxylic acids is 1. The molecule has 18 heavy (non-hydrogen) atoms. The van der Waals surface area contributed by atoms with Gasteiger partial charge in [-0.25, -0.2) is 4.98 Å². The van der Waals surface area contributed by atoms with Crippen LogP contribution in [-0.4, -0.2) is 46.6 Å². The molecule has 0 aliphatic rings. The SMILES string of the molecule is CC(O)CN(C)C(=O)c1sc(NC(C)C)nc1N. The van der Waals surface area contributed by atoms with E-state index < -0.39 is 6.10 Å². The summed E-state index contributed by atoms with van der Waals surface area (Å²) >= 11 is 1.23. The lowest BCUT2D eigenvalue weighted by Gasteiger charge is -2.17. The third kappa shape index (κ3) is 3.85. The molecular formula is C11H20N4O2S. The number of aliphatic hydroxyl groups excluding tert-OH is 1. The van der Waals surface area contributed by atoms with Gasteiger partial charge in [0.05, 0.1) is 6.10 Å². The van der Waals surface area contributed by atoms with Crippen LogP contribution in [0.5, 0.6) is 0 Å². The van der Waals surface area contributed by atoms with Crippen molar-refractivity contribution >= 4 is 28.2 Å². The monoisotopic (exact) mass is 272 g/mol. The van der Waals surface area contributed by atoms with Crippen LogP contribution in [0.3, 0.4) is 0 Å². The standard InChI is InChI=1S/C11H20N4O2S/c1-6(2)13-11-14-9(12)8(18-11)10(17)15(4)5-7(3)16/h6-7,16H,5,12H2,1-4H3,(H,13,14). The first kappa shape index (κ1) is 14.7. The topological polar surface area (TPSA) is 91.5 Å². The molecule has 0 bridgehead atoms. The zero-order valence-electron chi connectivity index (χ0n) is 11.1. The number of nitrogens with one attached hydrogen (secondary N) is 1. The Morgan fingerprint density at radius 1 is 1.56 bits per heavy atom. The van der Waals surface area contributed by atoms with E-state index in [0.29, 0.717) is 10.0 Å². The van der Waals surface area contributed by atoms with Crippen molar-refractivity contribution in [3.05, 3.63) is 4.88 Å². The number of nitrogens with zero attached hydrogens (tertiary/aromatic N) is 2. The summed E-state index contributed by atoms with van der Waals surface area (Å²) in [4.78, 5) is 18.0. The van der Waals surface area contributed by atoms with Crippen LogP contribution in [0.2, 0.25) is 0 Å². The molecule has 0 aliphatic carbocycles. The van der Waals surface area contributed by atoms with E-state index >= 15 is 0 Å². The van der Waals surface area contributed by atoms with Gasteiger partial charge in [0.25, 0.3) is 5.91 Å². The molecule has 1 rings (SSSR count). The molecule has 4 N–H and O–H groups in total. The average Bonchev–Trinajstić information content (AvgIpc) is 2.56. The minimum atomic E-state index is -0.568. The van der Waals surface area contributed by atoms with Gasteiger partial charge in [0.1, 0.15) is 10.7 Å². The van der Waals surface area contributed by atoms with Gasteiger partial charge in [0, 0.05) is 19.6 Å². The summed E-state index contributed by atoms with van der Waals surface area (Å²) in [7, 11) is 1.63. The highest BCUT2D eigenvalue weighted by Crippen LogP contribution is 2.26. The summed E-state index contributed by atoms with van der Waals surface area (Å²) in [5.41, 5.74) is 5.74. The molecule has 1 atom stereocenters. The minimum absolute atomic E-state index is 0.220. The second-order valence-electron chi connectivity index (χ2n) is 4.57. The van der Waals surface area contributed by atoms with Crippen LogP contribution in [0.15, 0.2) is 0 Å². The number of likely N-dealkylation sites (N-methyl/N-ethyl adjacent to an activating group) is 1. The van der Waals surface area contributed by atoms with E-state index in [9.17, 15) is 9.90 Å². The maximum absolute atomic E-state index is 12.1. The highest BCUT2D eigenvalue weighted by atomic mass is 32.1. The van der Waals surface area contributed by atoms with Gasteiger partial charge in [-0.15, -0.1) is 0 Å². The molecule has 1 amide bonds. The van der Waals surface area contributed by atoms with Gasteiger partial charge in [-0.2, -0.15) is 0 Å². The highest BCUT2D eigenvalue weighted by Gasteiger charge is 2.20. The van der Waals surface area contributed by atoms with E-state index in [1.807, 2.05) is 13.8 Å². The molecule has 0 radical (unpaired) electrons. The summed E-state index contributed by atoms with van der Waals surface area (Å²) < 4.78 is 0. The lowest BCUT2D eigenvalue weighted by molar-refractivity contribution is 0.0709. The van der Waals surface area contributed by atoms with Crippen LogP contribution in [0.4, 0.5) is 10.9 Å². The number of aliphatic hydroxyl groups is 1. The number of carbonyl (C=O) groups is 1.